The van der Waals surface area contributed by atoms with Crippen molar-refractivity contribution in [3.05, 3.63) is 28.3 Å². The Morgan fingerprint density at radius 2 is 2.35 bits per heavy atom. The van der Waals surface area contributed by atoms with Gasteiger partial charge in [-0.15, -0.1) is 23.1 Å². The minimum absolute atomic E-state index is 0.0335. The van der Waals surface area contributed by atoms with Crippen LogP contribution in [0.4, 0.5) is 0 Å². The molecule has 4 heterocycles. The molecule has 0 aromatic carbocycles. The summed E-state index contributed by atoms with van der Waals surface area (Å²) in [6.07, 6.45) is 5.69. The molecule has 0 unspecified atom stereocenters. The van der Waals surface area contributed by atoms with Crippen molar-refractivity contribution < 1.29 is 0 Å². The van der Waals surface area contributed by atoms with Gasteiger partial charge in [0, 0.05) is 13.2 Å². The summed E-state index contributed by atoms with van der Waals surface area (Å²) in [7, 11) is 1.85. The highest BCUT2D eigenvalue weighted by molar-refractivity contribution is 8.01. The third-order valence-corrected chi connectivity index (χ3v) is 5.93. The molecule has 4 rings (SSSR count). The Kier molecular flexibility index (Phi) is 2.71. The first kappa shape index (κ1) is 12.2. The molecule has 0 saturated heterocycles. The van der Waals surface area contributed by atoms with E-state index in [-0.39, 0.29) is 5.56 Å². The summed E-state index contributed by atoms with van der Waals surface area (Å²) in [4.78, 5) is 20.7. The quantitative estimate of drug-likeness (QED) is 0.750. The standard InChI is InChI=1S/C13H12N4OS2/c1-17-6-7(5-14-17)10-15-11(18)9-8-3-2-4-19-13(8)20-12(9)16-10/h5-6H,2-4H2,1H3,(H,15,16,18). The van der Waals surface area contributed by atoms with Gasteiger partial charge in [0.05, 0.1) is 21.4 Å². The number of H-pyrrole nitrogens is 1. The lowest BCUT2D eigenvalue weighted by molar-refractivity contribution is 0.768. The van der Waals surface area contributed by atoms with Crippen molar-refractivity contribution in [3.8, 4) is 11.4 Å². The normalized spacial score (nSPS) is 14.7. The van der Waals surface area contributed by atoms with E-state index in [1.807, 2.05) is 25.0 Å². The molecule has 102 valence electrons. The molecule has 0 saturated carbocycles. The molecule has 1 aliphatic rings. The predicted octanol–water partition coefficient (Wildman–Crippen LogP) is 2.42. The van der Waals surface area contributed by atoms with Gasteiger partial charge in [-0.25, -0.2) is 4.98 Å². The zero-order valence-electron chi connectivity index (χ0n) is 10.8. The van der Waals surface area contributed by atoms with Crippen molar-refractivity contribution in [3.63, 3.8) is 0 Å². The second kappa shape index (κ2) is 4.46. The summed E-state index contributed by atoms with van der Waals surface area (Å²) in [5, 5.41) is 4.90. The minimum Gasteiger partial charge on any atom is -0.306 e. The fraction of sp³-hybridized carbons (Fsp3) is 0.308. The Bertz CT molecular complexity index is 861. The SMILES string of the molecule is Cn1cc(-c2nc3sc4c(c3c(=O)[nH]2)CCCS4)cn1. The van der Waals surface area contributed by atoms with Gasteiger partial charge in [-0.3, -0.25) is 9.48 Å². The van der Waals surface area contributed by atoms with Crippen LogP contribution in [0.25, 0.3) is 21.6 Å². The molecule has 1 N–H and O–H groups in total. The van der Waals surface area contributed by atoms with Gasteiger partial charge in [0.25, 0.3) is 5.56 Å². The van der Waals surface area contributed by atoms with Gasteiger partial charge in [-0.05, 0) is 24.2 Å². The first-order valence-electron chi connectivity index (χ1n) is 6.40. The smallest absolute Gasteiger partial charge is 0.260 e. The van der Waals surface area contributed by atoms with Gasteiger partial charge >= 0.3 is 0 Å². The second-order valence-electron chi connectivity index (χ2n) is 4.82. The first-order valence-corrected chi connectivity index (χ1v) is 8.20. The molecular weight excluding hydrogens is 292 g/mol. The Balaban J connectivity index is 1.97. The van der Waals surface area contributed by atoms with Crippen LogP contribution in [0, 0.1) is 0 Å². The highest BCUT2D eigenvalue weighted by atomic mass is 32.2. The Morgan fingerprint density at radius 3 is 3.15 bits per heavy atom. The maximum Gasteiger partial charge on any atom is 0.260 e. The van der Waals surface area contributed by atoms with Crippen molar-refractivity contribution in [1.82, 2.24) is 19.7 Å². The van der Waals surface area contributed by atoms with Crippen LogP contribution in [-0.4, -0.2) is 25.5 Å². The number of aromatic amines is 1. The minimum atomic E-state index is -0.0335. The topological polar surface area (TPSA) is 63.6 Å². The van der Waals surface area contributed by atoms with E-state index >= 15 is 0 Å². The number of nitrogens with zero attached hydrogens (tertiary/aromatic N) is 3. The van der Waals surface area contributed by atoms with Crippen LogP contribution in [-0.2, 0) is 13.5 Å². The van der Waals surface area contributed by atoms with Crippen LogP contribution >= 0.6 is 23.1 Å². The molecule has 20 heavy (non-hydrogen) atoms. The molecule has 0 aliphatic carbocycles. The number of aromatic nitrogens is 4. The van der Waals surface area contributed by atoms with E-state index in [1.165, 1.54) is 9.77 Å². The maximum absolute atomic E-state index is 12.4. The summed E-state index contributed by atoms with van der Waals surface area (Å²) in [6.45, 7) is 0. The van der Waals surface area contributed by atoms with Crippen molar-refractivity contribution in [2.75, 3.05) is 5.75 Å². The number of thiophene rings is 1. The van der Waals surface area contributed by atoms with E-state index in [0.717, 1.165) is 34.4 Å². The summed E-state index contributed by atoms with van der Waals surface area (Å²) in [5.74, 6) is 1.73. The van der Waals surface area contributed by atoms with E-state index in [0.29, 0.717) is 5.82 Å². The molecule has 7 heteroatoms. The average Bonchev–Trinajstić information content (AvgIpc) is 3.01. The van der Waals surface area contributed by atoms with Gasteiger partial charge in [-0.1, -0.05) is 0 Å². The Hall–Kier alpha value is -1.60. The van der Waals surface area contributed by atoms with E-state index in [9.17, 15) is 4.79 Å². The van der Waals surface area contributed by atoms with Gasteiger partial charge in [0.15, 0.2) is 0 Å². The lowest BCUT2D eigenvalue weighted by Gasteiger charge is -2.08. The molecule has 1 aliphatic heterocycles. The van der Waals surface area contributed by atoms with Crippen LogP contribution in [0.2, 0.25) is 0 Å². The molecule has 0 spiro atoms. The van der Waals surface area contributed by atoms with E-state index in [1.54, 1.807) is 22.2 Å². The van der Waals surface area contributed by atoms with Crippen molar-refractivity contribution in [1.29, 1.82) is 0 Å². The van der Waals surface area contributed by atoms with Crippen LogP contribution in [0.15, 0.2) is 21.4 Å². The van der Waals surface area contributed by atoms with Gasteiger partial charge in [0.1, 0.15) is 10.7 Å². The number of hydrogen-bond acceptors (Lipinski definition) is 5. The molecular formula is C13H12N4OS2. The number of hydrogen-bond donors (Lipinski definition) is 1. The zero-order chi connectivity index (χ0) is 13.7. The molecule has 0 atom stereocenters. The third-order valence-electron chi connectivity index (χ3n) is 3.41. The average molecular weight is 304 g/mol. The molecule has 5 nitrogen and oxygen atoms in total. The van der Waals surface area contributed by atoms with Crippen LogP contribution in [0.3, 0.4) is 0 Å². The van der Waals surface area contributed by atoms with E-state index in [2.05, 4.69) is 15.1 Å². The summed E-state index contributed by atoms with van der Waals surface area (Å²) in [5.41, 5.74) is 1.99. The fourth-order valence-corrected chi connectivity index (χ4v) is 5.01. The van der Waals surface area contributed by atoms with Crippen LogP contribution in [0.5, 0.6) is 0 Å². The number of thioether (sulfide) groups is 1. The molecule has 0 amide bonds. The fourth-order valence-electron chi connectivity index (χ4n) is 2.48. The van der Waals surface area contributed by atoms with Gasteiger partial charge < -0.3 is 4.98 Å². The number of aryl methyl sites for hydroxylation is 2. The molecule has 3 aromatic rings. The third kappa shape index (κ3) is 1.81. The van der Waals surface area contributed by atoms with E-state index < -0.39 is 0 Å². The highest BCUT2D eigenvalue weighted by Gasteiger charge is 2.20. The molecule has 0 fully saturated rings. The number of nitrogens with one attached hydrogen (secondary N) is 1. The Morgan fingerprint density at radius 1 is 1.45 bits per heavy atom. The summed E-state index contributed by atoms with van der Waals surface area (Å²) >= 11 is 3.47. The zero-order valence-corrected chi connectivity index (χ0v) is 12.5. The first-order chi connectivity index (χ1) is 9.72. The molecule has 0 radical (unpaired) electrons. The lowest BCUT2D eigenvalue weighted by atomic mass is 10.1. The van der Waals surface area contributed by atoms with E-state index in [4.69, 9.17) is 0 Å². The number of rotatable bonds is 1. The highest BCUT2D eigenvalue weighted by Crippen LogP contribution is 2.40. The van der Waals surface area contributed by atoms with Crippen molar-refractivity contribution in [2.45, 2.75) is 17.1 Å². The second-order valence-corrected chi connectivity index (χ2v) is 7.18. The number of fused-ring (bicyclic) bond motifs is 3. The summed E-state index contributed by atoms with van der Waals surface area (Å²) < 4.78 is 2.96. The van der Waals surface area contributed by atoms with Crippen molar-refractivity contribution in [2.24, 2.45) is 7.05 Å². The molecule has 3 aromatic heterocycles. The molecule has 0 bridgehead atoms. The summed E-state index contributed by atoms with van der Waals surface area (Å²) in [6, 6.07) is 0. The van der Waals surface area contributed by atoms with Crippen molar-refractivity contribution >= 4 is 33.3 Å². The Labute approximate surface area is 123 Å². The van der Waals surface area contributed by atoms with Crippen LogP contribution in [0.1, 0.15) is 12.0 Å². The predicted molar refractivity (Wildman–Crippen MR) is 81.5 cm³/mol. The van der Waals surface area contributed by atoms with Gasteiger partial charge in [0.2, 0.25) is 0 Å². The largest absolute Gasteiger partial charge is 0.306 e. The lowest BCUT2D eigenvalue weighted by Crippen LogP contribution is -2.10. The monoisotopic (exact) mass is 304 g/mol. The van der Waals surface area contributed by atoms with Gasteiger partial charge in [-0.2, -0.15) is 5.10 Å². The van der Waals surface area contributed by atoms with Crippen LogP contribution < -0.4 is 5.56 Å². The maximum atomic E-state index is 12.4.